The fraction of sp³-hybridized carbons (Fsp3) is 0.455. The highest BCUT2D eigenvalue weighted by molar-refractivity contribution is 6.03. The first-order valence-electron chi connectivity index (χ1n) is 9.68. The Morgan fingerprint density at radius 1 is 1.24 bits per heavy atom. The fourth-order valence-corrected chi connectivity index (χ4v) is 3.89. The second-order valence-electron chi connectivity index (χ2n) is 7.84. The Balaban J connectivity index is 2.19. The van der Waals surface area contributed by atoms with E-state index < -0.39 is 23.6 Å². The van der Waals surface area contributed by atoms with Crippen LogP contribution in [0.3, 0.4) is 0 Å². The number of halogens is 3. The van der Waals surface area contributed by atoms with E-state index >= 15 is 0 Å². The minimum absolute atomic E-state index is 0.0661. The molecule has 1 aromatic rings. The van der Waals surface area contributed by atoms with Crippen molar-refractivity contribution in [2.24, 2.45) is 5.92 Å². The van der Waals surface area contributed by atoms with Gasteiger partial charge in [-0.25, -0.2) is 4.79 Å². The molecule has 7 heteroatoms. The van der Waals surface area contributed by atoms with E-state index in [1.165, 1.54) is 18.2 Å². The van der Waals surface area contributed by atoms with Gasteiger partial charge in [0.2, 0.25) is 0 Å². The highest BCUT2D eigenvalue weighted by Crippen LogP contribution is 2.46. The summed E-state index contributed by atoms with van der Waals surface area (Å²) >= 11 is 0. The molecule has 1 atom stereocenters. The lowest BCUT2D eigenvalue weighted by Gasteiger charge is -2.35. The van der Waals surface area contributed by atoms with Crippen LogP contribution < -0.4 is 5.32 Å². The van der Waals surface area contributed by atoms with Crippen LogP contribution in [0.5, 0.6) is 0 Å². The number of esters is 1. The van der Waals surface area contributed by atoms with E-state index in [9.17, 15) is 22.8 Å². The first-order chi connectivity index (χ1) is 13.6. The van der Waals surface area contributed by atoms with E-state index in [0.29, 0.717) is 24.2 Å². The van der Waals surface area contributed by atoms with Crippen LogP contribution in [-0.2, 0) is 20.5 Å². The van der Waals surface area contributed by atoms with Gasteiger partial charge in [0.25, 0.3) is 0 Å². The predicted octanol–water partition coefficient (Wildman–Crippen LogP) is 4.87. The molecular formula is C22H24F3NO3. The molecule has 0 bridgehead atoms. The van der Waals surface area contributed by atoms with Crippen LogP contribution in [0.25, 0.3) is 0 Å². The molecule has 156 valence electrons. The zero-order valence-electron chi connectivity index (χ0n) is 16.7. The smallest absolute Gasteiger partial charge is 0.416 e. The van der Waals surface area contributed by atoms with E-state index in [2.05, 4.69) is 5.32 Å². The number of hydrogen-bond donors (Lipinski definition) is 1. The average molecular weight is 407 g/mol. The van der Waals surface area contributed by atoms with Crippen molar-refractivity contribution in [3.05, 3.63) is 57.9 Å². The first kappa shape index (κ1) is 21.1. The third kappa shape index (κ3) is 4.23. The van der Waals surface area contributed by atoms with Crippen LogP contribution in [0.15, 0.2) is 46.8 Å². The van der Waals surface area contributed by atoms with Crippen LogP contribution in [0.1, 0.15) is 57.1 Å². The zero-order valence-corrected chi connectivity index (χ0v) is 16.7. The molecular weight excluding hydrogens is 383 g/mol. The first-order valence-corrected chi connectivity index (χ1v) is 9.68. The molecule has 4 nitrogen and oxygen atoms in total. The van der Waals surface area contributed by atoms with Crippen LogP contribution in [-0.4, -0.2) is 18.4 Å². The summed E-state index contributed by atoms with van der Waals surface area (Å²) in [6, 6.07) is 5.12. The van der Waals surface area contributed by atoms with Crippen molar-refractivity contribution in [1.82, 2.24) is 5.32 Å². The minimum Gasteiger partial charge on any atom is -0.462 e. The van der Waals surface area contributed by atoms with Gasteiger partial charge in [-0.15, -0.1) is 0 Å². The van der Waals surface area contributed by atoms with Crippen molar-refractivity contribution in [2.45, 2.75) is 52.1 Å². The van der Waals surface area contributed by atoms with Gasteiger partial charge in [-0.05, 0) is 37.3 Å². The van der Waals surface area contributed by atoms with Crippen LogP contribution in [0.2, 0.25) is 0 Å². The molecule has 3 rings (SSSR count). The molecule has 1 N–H and O–H groups in total. The third-order valence-corrected chi connectivity index (χ3v) is 5.12. The lowest BCUT2D eigenvalue weighted by Crippen LogP contribution is -2.35. The number of rotatable bonds is 4. The molecule has 0 radical (unpaired) electrons. The molecule has 1 heterocycles. The Bertz CT molecular complexity index is 897. The SMILES string of the molecule is CC1=C(C(=O)OCC(C)C)[C@@H](c2ccccc2C(F)(F)F)C2=C(CCCC2=O)N1. The molecule has 0 unspecified atom stereocenters. The molecule has 2 aliphatic rings. The molecule has 0 fully saturated rings. The Labute approximate surface area is 167 Å². The molecule has 1 aromatic carbocycles. The largest absolute Gasteiger partial charge is 0.462 e. The summed E-state index contributed by atoms with van der Waals surface area (Å²) in [4.78, 5) is 25.7. The lowest BCUT2D eigenvalue weighted by atomic mass is 9.74. The maximum atomic E-state index is 13.8. The molecule has 0 amide bonds. The van der Waals surface area contributed by atoms with Gasteiger partial charge in [0.15, 0.2) is 5.78 Å². The van der Waals surface area contributed by atoms with Gasteiger partial charge < -0.3 is 10.1 Å². The fourth-order valence-electron chi connectivity index (χ4n) is 3.89. The summed E-state index contributed by atoms with van der Waals surface area (Å²) < 4.78 is 46.6. The molecule has 29 heavy (non-hydrogen) atoms. The molecule has 0 spiro atoms. The monoisotopic (exact) mass is 407 g/mol. The zero-order chi connectivity index (χ0) is 21.3. The summed E-state index contributed by atoms with van der Waals surface area (Å²) in [6.07, 6.45) is -3.19. The molecule has 1 aliphatic heterocycles. The van der Waals surface area contributed by atoms with Gasteiger partial charge >= 0.3 is 12.1 Å². The predicted molar refractivity (Wildman–Crippen MR) is 102 cm³/mol. The number of nitrogens with one attached hydrogen (secondary N) is 1. The Morgan fingerprint density at radius 2 is 1.93 bits per heavy atom. The van der Waals surface area contributed by atoms with Gasteiger partial charge in [0, 0.05) is 29.3 Å². The Morgan fingerprint density at radius 3 is 2.59 bits per heavy atom. The second kappa shape index (κ2) is 8.05. The molecule has 1 aliphatic carbocycles. The lowest BCUT2D eigenvalue weighted by molar-refractivity contribution is -0.141. The number of allylic oxidation sites excluding steroid dienone is 3. The van der Waals surface area contributed by atoms with E-state index in [4.69, 9.17) is 4.74 Å². The van der Waals surface area contributed by atoms with Crippen LogP contribution in [0, 0.1) is 5.92 Å². The number of carbonyl (C=O) groups excluding carboxylic acids is 2. The summed E-state index contributed by atoms with van der Waals surface area (Å²) in [5.41, 5.74) is 0.390. The molecule has 0 aromatic heterocycles. The number of Topliss-reactive ketones (excluding diaryl/α,β-unsaturated/α-hetero) is 1. The normalized spacial score (nSPS) is 20.0. The number of hydrogen-bond acceptors (Lipinski definition) is 4. The Hall–Kier alpha value is -2.57. The van der Waals surface area contributed by atoms with Gasteiger partial charge in [-0.2, -0.15) is 13.2 Å². The van der Waals surface area contributed by atoms with E-state index in [-0.39, 0.29) is 41.4 Å². The quantitative estimate of drug-likeness (QED) is 0.724. The maximum Gasteiger partial charge on any atom is 0.416 e. The third-order valence-electron chi connectivity index (χ3n) is 5.12. The summed E-state index contributed by atoms with van der Waals surface area (Å²) in [7, 11) is 0. The summed E-state index contributed by atoms with van der Waals surface area (Å²) in [5, 5.41) is 3.08. The van der Waals surface area contributed by atoms with Crippen molar-refractivity contribution in [3.8, 4) is 0 Å². The number of alkyl halides is 3. The number of ketones is 1. The van der Waals surface area contributed by atoms with Gasteiger partial charge in [0.05, 0.1) is 17.7 Å². The second-order valence-corrected chi connectivity index (χ2v) is 7.84. The number of ether oxygens (including phenoxy) is 1. The van der Waals surface area contributed by atoms with E-state index in [0.717, 1.165) is 6.07 Å². The van der Waals surface area contributed by atoms with Gasteiger partial charge in [-0.3, -0.25) is 4.79 Å². The Kier molecular flexibility index (Phi) is 5.87. The van der Waals surface area contributed by atoms with Crippen LogP contribution in [0.4, 0.5) is 13.2 Å². The number of benzene rings is 1. The van der Waals surface area contributed by atoms with Crippen molar-refractivity contribution in [2.75, 3.05) is 6.61 Å². The molecule has 0 saturated carbocycles. The van der Waals surface area contributed by atoms with Crippen molar-refractivity contribution in [3.63, 3.8) is 0 Å². The summed E-state index contributed by atoms with van der Waals surface area (Å²) in [5.74, 6) is -1.96. The standard InChI is InChI=1S/C22H24F3NO3/c1-12(2)11-29-21(28)18-13(3)26-16-9-6-10-17(27)20(16)19(18)14-7-4-5-8-15(14)22(23,24)25/h4-5,7-8,12,19,26H,6,9-11H2,1-3H3/t19-/m1/s1. The molecule has 0 saturated heterocycles. The van der Waals surface area contributed by atoms with Gasteiger partial charge in [0.1, 0.15) is 0 Å². The number of carbonyl (C=O) groups is 2. The van der Waals surface area contributed by atoms with Crippen molar-refractivity contribution >= 4 is 11.8 Å². The van der Waals surface area contributed by atoms with E-state index in [1.54, 1.807) is 6.92 Å². The summed E-state index contributed by atoms with van der Waals surface area (Å²) in [6.45, 7) is 5.52. The number of dihydropyridines is 1. The van der Waals surface area contributed by atoms with Crippen molar-refractivity contribution in [1.29, 1.82) is 0 Å². The highest BCUT2D eigenvalue weighted by atomic mass is 19.4. The van der Waals surface area contributed by atoms with Crippen molar-refractivity contribution < 1.29 is 27.5 Å². The van der Waals surface area contributed by atoms with E-state index in [1.807, 2.05) is 13.8 Å². The minimum atomic E-state index is -4.61. The maximum absolute atomic E-state index is 13.8. The highest BCUT2D eigenvalue weighted by Gasteiger charge is 2.43. The van der Waals surface area contributed by atoms with Gasteiger partial charge in [-0.1, -0.05) is 32.0 Å². The van der Waals surface area contributed by atoms with Crippen LogP contribution >= 0.6 is 0 Å². The average Bonchev–Trinajstić information content (AvgIpc) is 2.64. The topological polar surface area (TPSA) is 55.4 Å².